The van der Waals surface area contributed by atoms with Gasteiger partial charge in [-0.05, 0) is 42.5 Å². The molecule has 2 aromatic rings. The van der Waals surface area contributed by atoms with Gasteiger partial charge in [-0.25, -0.2) is 8.78 Å². The minimum atomic E-state index is -0.861. The number of hydrogen-bond donors (Lipinski definition) is 1. The first kappa shape index (κ1) is 19.9. The van der Waals surface area contributed by atoms with E-state index in [4.69, 9.17) is 5.73 Å². The van der Waals surface area contributed by atoms with Crippen LogP contribution >= 0.6 is 15.9 Å². The van der Waals surface area contributed by atoms with Gasteiger partial charge in [0.25, 0.3) is 5.91 Å². The third-order valence-corrected chi connectivity index (χ3v) is 4.83. The monoisotopic (exact) mass is 450 g/mol. The van der Waals surface area contributed by atoms with Gasteiger partial charge in [0.05, 0.1) is 5.69 Å². The van der Waals surface area contributed by atoms with Crippen LogP contribution < -0.4 is 10.7 Å². The molecule has 0 saturated carbocycles. The van der Waals surface area contributed by atoms with Gasteiger partial charge in [-0.2, -0.15) is 5.10 Å². The van der Waals surface area contributed by atoms with E-state index in [-0.39, 0.29) is 18.7 Å². The van der Waals surface area contributed by atoms with E-state index >= 15 is 0 Å². The molecule has 1 aliphatic rings. The Morgan fingerprint density at radius 1 is 1.25 bits per heavy atom. The van der Waals surface area contributed by atoms with Crippen LogP contribution in [0, 0.1) is 11.6 Å². The van der Waals surface area contributed by atoms with Crippen LogP contribution in [0.5, 0.6) is 0 Å². The first-order valence-corrected chi connectivity index (χ1v) is 9.16. The van der Waals surface area contributed by atoms with E-state index in [0.29, 0.717) is 15.7 Å². The second-order valence-corrected chi connectivity index (χ2v) is 7.30. The van der Waals surface area contributed by atoms with Crippen molar-refractivity contribution in [3.05, 3.63) is 64.1 Å². The molecule has 0 aromatic heterocycles. The van der Waals surface area contributed by atoms with Crippen molar-refractivity contribution in [3.63, 3.8) is 0 Å². The van der Waals surface area contributed by atoms with Crippen LogP contribution in [0.25, 0.3) is 0 Å². The zero-order valence-corrected chi connectivity index (χ0v) is 16.5. The van der Waals surface area contributed by atoms with E-state index in [1.54, 1.807) is 12.1 Å². The van der Waals surface area contributed by atoms with Crippen molar-refractivity contribution in [2.24, 2.45) is 10.8 Å². The lowest BCUT2D eigenvalue weighted by Gasteiger charge is -2.20. The lowest BCUT2D eigenvalue weighted by molar-refractivity contribution is -0.123. The number of amides is 2. The Morgan fingerprint density at radius 2 is 1.93 bits per heavy atom. The van der Waals surface area contributed by atoms with E-state index in [2.05, 4.69) is 21.0 Å². The minimum Gasteiger partial charge on any atom is -0.368 e. The maximum atomic E-state index is 14.0. The Labute approximate surface area is 168 Å². The number of hydrazone groups is 1. The highest BCUT2D eigenvalue weighted by Crippen LogP contribution is 2.26. The second-order valence-electron chi connectivity index (χ2n) is 6.39. The molecule has 3 rings (SSSR count). The maximum Gasteiger partial charge on any atom is 0.270 e. The van der Waals surface area contributed by atoms with Crippen LogP contribution in [-0.2, 0) is 16.1 Å². The van der Waals surface area contributed by atoms with Crippen LogP contribution in [0.3, 0.4) is 0 Å². The number of nitrogens with two attached hydrogens (primary N) is 1. The zero-order chi connectivity index (χ0) is 20.4. The van der Waals surface area contributed by atoms with Crippen molar-refractivity contribution in [1.82, 2.24) is 4.90 Å². The Kier molecular flexibility index (Phi) is 5.73. The first-order valence-electron chi connectivity index (χ1n) is 8.37. The van der Waals surface area contributed by atoms with Crippen molar-refractivity contribution in [3.8, 4) is 0 Å². The number of carbonyl (C=O) groups excluding carboxylic acids is 2. The molecule has 9 heteroatoms. The van der Waals surface area contributed by atoms with Crippen molar-refractivity contribution < 1.29 is 18.4 Å². The van der Waals surface area contributed by atoms with Crippen LogP contribution in [-0.4, -0.2) is 35.5 Å². The van der Waals surface area contributed by atoms with Gasteiger partial charge in [0.2, 0.25) is 5.91 Å². The molecule has 0 radical (unpaired) electrons. The highest BCUT2D eigenvalue weighted by atomic mass is 79.9. The number of benzene rings is 2. The largest absolute Gasteiger partial charge is 0.368 e. The Morgan fingerprint density at radius 3 is 2.57 bits per heavy atom. The highest BCUT2D eigenvalue weighted by Gasteiger charge is 2.36. The van der Waals surface area contributed by atoms with Crippen molar-refractivity contribution in [2.75, 3.05) is 12.1 Å². The van der Waals surface area contributed by atoms with Crippen molar-refractivity contribution in [2.45, 2.75) is 19.0 Å². The van der Waals surface area contributed by atoms with Crippen LogP contribution in [0.15, 0.2) is 52.0 Å². The number of nitrogens with zero attached hydrogens (tertiary/aromatic N) is 3. The number of primary amides is 1. The molecule has 0 spiro atoms. The van der Waals surface area contributed by atoms with Gasteiger partial charge in [0.15, 0.2) is 0 Å². The number of halogens is 3. The predicted octanol–water partition coefficient (Wildman–Crippen LogP) is 2.81. The van der Waals surface area contributed by atoms with Gasteiger partial charge in [-0.3, -0.25) is 14.6 Å². The summed E-state index contributed by atoms with van der Waals surface area (Å²) in [5.41, 5.74) is 6.34. The lowest BCUT2D eigenvalue weighted by Crippen LogP contribution is -2.40. The molecule has 0 bridgehead atoms. The second kappa shape index (κ2) is 8.05. The molecule has 1 aliphatic heterocycles. The molecule has 2 N–H and O–H groups in total. The fourth-order valence-corrected chi connectivity index (χ4v) is 3.31. The molecule has 146 valence electrons. The Balaban J connectivity index is 1.82. The molecule has 2 amide bonds. The quantitative estimate of drug-likeness (QED) is 0.760. The van der Waals surface area contributed by atoms with Gasteiger partial charge < -0.3 is 10.6 Å². The number of anilines is 1. The number of carbonyl (C=O) groups is 2. The summed E-state index contributed by atoms with van der Waals surface area (Å²) in [6, 6.07) is 8.96. The van der Waals surface area contributed by atoms with Gasteiger partial charge >= 0.3 is 0 Å². The first-order chi connectivity index (χ1) is 13.3. The number of rotatable bonds is 5. The van der Waals surface area contributed by atoms with Crippen LogP contribution in [0.4, 0.5) is 14.5 Å². The SMILES string of the molecule is CN(Cc1cc(Br)ccc1F)C(=O)C1=NN(c2ccc(F)cc2)C(C(N)=O)C1. The minimum absolute atomic E-state index is 0.0108. The average molecular weight is 451 g/mol. The van der Waals surface area contributed by atoms with Gasteiger partial charge in [0.1, 0.15) is 23.4 Å². The van der Waals surface area contributed by atoms with Crippen LogP contribution in [0.1, 0.15) is 12.0 Å². The lowest BCUT2D eigenvalue weighted by atomic mass is 10.1. The fraction of sp³-hybridized carbons (Fsp3) is 0.211. The highest BCUT2D eigenvalue weighted by molar-refractivity contribution is 9.10. The molecule has 0 aliphatic carbocycles. The molecule has 28 heavy (non-hydrogen) atoms. The molecule has 0 saturated heterocycles. The summed E-state index contributed by atoms with van der Waals surface area (Å²) in [5.74, 6) is -1.97. The van der Waals surface area contributed by atoms with E-state index in [9.17, 15) is 18.4 Å². The summed E-state index contributed by atoms with van der Waals surface area (Å²) >= 11 is 3.27. The standard InChI is InChI=1S/C19H17BrF2N4O2/c1-25(10-11-8-12(20)2-7-15(11)22)19(28)16-9-17(18(23)27)26(24-16)14-5-3-13(21)4-6-14/h2-8,17H,9-10H2,1H3,(H2,23,27). The fourth-order valence-electron chi connectivity index (χ4n) is 2.90. The van der Waals surface area contributed by atoms with E-state index in [0.717, 1.165) is 0 Å². The molecular formula is C19H17BrF2N4O2. The van der Waals surface area contributed by atoms with E-state index in [1.807, 2.05) is 0 Å². The predicted molar refractivity (Wildman–Crippen MR) is 104 cm³/mol. The summed E-state index contributed by atoms with van der Waals surface area (Å²) in [7, 11) is 1.52. The molecule has 1 atom stereocenters. The normalized spacial score (nSPS) is 16.1. The smallest absolute Gasteiger partial charge is 0.270 e. The van der Waals surface area contributed by atoms with Gasteiger partial charge in [-0.1, -0.05) is 15.9 Å². The summed E-state index contributed by atoms with van der Waals surface area (Å²) in [6.07, 6.45) is 0.0108. The molecule has 1 heterocycles. The van der Waals surface area contributed by atoms with Gasteiger partial charge in [-0.15, -0.1) is 0 Å². The van der Waals surface area contributed by atoms with E-state index in [1.165, 1.54) is 47.3 Å². The van der Waals surface area contributed by atoms with Crippen molar-refractivity contribution >= 4 is 39.1 Å². The van der Waals surface area contributed by atoms with Crippen LogP contribution in [0.2, 0.25) is 0 Å². The third kappa shape index (κ3) is 4.19. The Hall–Kier alpha value is -2.81. The summed E-state index contributed by atoms with van der Waals surface area (Å²) < 4.78 is 27.8. The molecule has 0 fully saturated rings. The molecule has 2 aromatic carbocycles. The number of hydrogen-bond acceptors (Lipinski definition) is 4. The Bertz CT molecular complexity index is 949. The summed E-state index contributed by atoms with van der Waals surface area (Å²) in [4.78, 5) is 25.9. The zero-order valence-electron chi connectivity index (χ0n) is 14.9. The summed E-state index contributed by atoms with van der Waals surface area (Å²) in [6.45, 7) is 0.0287. The average Bonchev–Trinajstić information content (AvgIpc) is 3.10. The third-order valence-electron chi connectivity index (χ3n) is 4.34. The molecule has 6 nitrogen and oxygen atoms in total. The van der Waals surface area contributed by atoms with Crippen molar-refractivity contribution in [1.29, 1.82) is 0 Å². The maximum absolute atomic E-state index is 14.0. The summed E-state index contributed by atoms with van der Waals surface area (Å²) in [5, 5.41) is 5.53. The van der Waals surface area contributed by atoms with Gasteiger partial charge in [0, 0.05) is 30.0 Å². The molecular weight excluding hydrogens is 434 g/mol. The molecule has 1 unspecified atom stereocenters. The van der Waals surface area contributed by atoms with E-state index < -0.39 is 29.5 Å². The topological polar surface area (TPSA) is 79.0 Å².